The summed E-state index contributed by atoms with van der Waals surface area (Å²) in [6, 6.07) is 1.51. The first-order chi connectivity index (χ1) is 8.20. The number of halogens is 5. The Morgan fingerprint density at radius 2 is 1.79 bits per heavy atom. The van der Waals surface area contributed by atoms with Crippen LogP contribution in [0, 0.1) is 5.82 Å². The number of benzene rings is 1. The predicted octanol–water partition coefficient (Wildman–Crippen LogP) is -0.601. The van der Waals surface area contributed by atoms with Gasteiger partial charge in [0.2, 0.25) is 0 Å². The van der Waals surface area contributed by atoms with Crippen LogP contribution in [0.3, 0.4) is 0 Å². The molecule has 0 saturated heterocycles. The SMILES string of the molecule is O=C1C(=O)N(C[B-](F)(F)F)c2cc(F)c(Cl)cc21.[K+]. The Labute approximate surface area is 152 Å². The van der Waals surface area contributed by atoms with Gasteiger partial charge in [0, 0.05) is 0 Å². The van der Waals surface area contributed by atoms with Gasteiger partial charge in [-0.3, -0.25) is 9.59 Å². The molecule has 1 aliphatic rings. The molecule has 1 aromatic carbocycles. The quantitative estimate of drug-likeness (QED) is 0.415. The molecule has 3 nitrogen and oxygen atoms in total. The molecule has 1 aliphatic heterocycles. The fourth-order valence-corrected chi connectivity index (χ4v) is 1.84. The van der Waals surface area contributed by atoms with Gasteiger partial charge in [-0.25, -0.2) is 4.39 Å². The molecule has 0 saturated carbocycles. The van der Waals surface area contributed by atoms with E-state index in [0.717, 1.165) is 6.07 Å². The second-order valence-corrected chi connectivity index (χ2v) is 4.15. The number of nitrogens with zero attached hydrogens (tertiary/aromatic N) is 1. The number of fused-ring (bicyclic) bond motifs is 1. The van der Waals surface area contributed by atoms with Gasteiger partial charge >= 0.3 is 58.4 Å². The van der Waals surface area contributed by atoms with E-state index >= 15 is 0 Å². The normalized spacial score (nSPS) is 14.5. The van der Waals surface area contributed by atoms with E-state index in [1.165, 1.54) is 0 Å². The molecule has 0 N–H and O–H groups in total. The summed E-state index contributed by atoms with van der Waals surface area (Å²) >= 11 is 5.41. The van der Waals surface area contributed by atoms with Crippen molar-refractivity contribution in [3.05, 3.63) is 28.5 Å². The van der Waals surface area contributed by atoms with Crippen molar-refractivity contribution < 1.29 is 78.3 Å². The largest absolute Gasteiger partial charge is 1.00 e. The van der Waals surface area contributed by atoms with Crippen LogP contribution < -0.4 is 56.3 Å². The summed E-state index contributed by atoms with van der Waals surface area (Å²) in [7, 11) is 0. The number of anilines is 1. The maximum Gasteiger partial charge on any atom is 1.00 e. The van der Waals surface area contributed by atoms with Gasteiger partial charge < -0.3 is 17.8 Å². The first-order valence-electron chi connectivity index (χ1n) is 4.77. The third-order valence-corrected chi connectivity index (χ3v) is 2.69. The Morgan fingerprint density at radius 1 is 1.21 bits per heavy atom. The molecule has 1 heterocycles. The van der Waals surface area contributed by atoms with E-state index in [0.29, 0.717) is 6.07 Å². The van der Waals surface area contributed by atoms with Crippen molar-refractivity contribution >= 4 is 36.0 Å². The van der Waals surface area contributed by atoms with Crippen molar-refractivity contribution in [1.29, 1.82) is 0 Å². The number of rotatable bonds is 2. The minimum atomic E-state index is -5.32. The molecule has 10 heteroatoms. The van der Waals surface area contributed by atoms with Gasteiger partial charge in [-0.2, -0.15) is 0 Å². The summed E-state index contributed by atoms with van der Waals surface area (Å²) in [5, 5.41) is -0.422. The molecule has 19 heavy (non-hydrogen) atoms. The number of amides is 1. The first kappa shape index (κ1) is 17.1. The van der Waals surface area contributed by atoms with Crippen molar-refractivity contribution in [1.82, 2.24) is 0 Å². The number of Topliss-reactive ketones (excluding diaryl/α,β-unsaturated/α-hetero) is 1. The number of carbonyl (C=O) groups excluding carboxylic acids is 2. The Kier molecular flexibility index (Phi) is 5.25. The number of ketones is 1. The Hall–Kier alpha value is 0.0713. The van der Waals surface area contributed by atoms with E-state index < -0.39 is 41.6 Å². The maximum atomic E-state index is 13.2. The van der Waals surface area contributed by atoms with E-state index in [-0.39, 0.29) is 61.8 Å². The van der Waals surface area contributed by atoms with Gasteiger partial charge in [-0.1, -0.05) is 11.6 Å². The van der Waals surface area contributed by atoms with Crippen molar-refractivity contribution in [2.45, 2.75) is 0 Å². The number of hydrogen-bond acceptors (Lipinski definition) is 2. The number of carbonyl (C=O) groups is 2. The number of hydrogen-bond donors (Lipinski definition) is 0. The Balaban J connectivity index is 0.00000180. The molecule has 2 rings (SSSR count). The molecule has 0 radical (unpaired) electrons. The summed E-state index contributed by atoms with van der Waals surface area (Å²) in [6.45, 7) is -5.32. The van der Waals surface area contributed by atoms with Gasteiger partial charge in [0.1, 0.15) is 5.82 Å². The molecule has 0 aromatic heterocycles. The third kappa shape index (κ3) is 3.40. The predicted molar refractivity (Wildman–Crippen MR) is 57.2 cm³/mol. The average molecular weight is 319 g/mol. The zero-order valence-electron chi connectivity index (χ0n) is 9.59. The standard InChI is InChI=1S/C9H4BClF4NO2.K/c11-5-1-4-7(2-6(5)12)16(3-10(13,14)15)9(18)8(4)17;/h1-2H,3H2;/q-1;+1. The van der Waals surface area contributed by atoms with Gasteiger partial charge in [0.25, 0.3) is 11.7 Å². The van der Waals surface area contributed by atoms with Crippen LogP contribution in [-0.2, 0) is 4.79 Å². The van der Waals surface area contributed by atoms with Crippen LogP contribution in [-0.4, -0.2) is 25.1 Å². The zero-order chi connectivity index (χ0) is 13.7. The average Bonchev–Trinajstić information content (AvgIpc) is 2.44. The smallest absolute Gasteiger partial charge is 0.448 e. The van der Waals surface area contributed by atoms with Crippen molar-refractivity contribution in [2.75, 3.05) is 11.3 Å². The van der Waals surface area contributed by atoms with Gasteiger partial charge in [0.05, 0.1) is 16.3 Å². The summed E-state index contributed by atoms with van der Waals surface area (Å²) in [6.07, 6.45) is -1.58. The molecule has 1 aromatic rings. The van der Waals surface area contributed by atoms with E-state index in [1.54, 1.807) is 0 Å². The molecular weight excluding hydrogens is 315 g/mol. The van der Waals surface area contributed by atoms with Crippen LogP contribution in [0.1, 0.15) is 10.4 Å². The summed E-state index contributed by atoms with van der Waals surface area (Å²) in [5.41, 5.74) is -0.711. The molecule has 1 amide bonds. The molecule has 0 fully saturated rings. The summed E-state index contributed by atoms with van der Waals surface area (Å²) in [4.78, 5) is 23.0. The van der Waals surface area contributed by atoms with E-state index in [4.69, 9.17) is 11.6 Å². The third-order valence-electron chi connectivity index (χ3n) is 2.40. The minimum absolute atomic E-state index is 0. The van der Waals surface area contributed by atoms with Crippen LogP contribution >= 0.6 is 11.6 Å². The van der Waals surface area contributed by atoms with Crippen molar-refractivity contribution in [2.24, 2.45) is 0 Å². The molecule has 96 valence electrons. The molecule has 0 atom stereocenters. The second kappa shape index (κ2) is 5.82. The second-order valence-electron chi connectivity index (χ2n) is 3.74. The molecule has 0 bridgehead atoms. The van der Waals surface area contributed by atoms with Gasteiger partial charge in [0.15, 0.2) is 0 Å². The van der Waals surface area contributed by atoms with Crippen LogP contribution in [0.2, 0.25) is 5.02 Å². The van der Waals surface area contributed by atoms with Crippen LogP contribution in [0.5, 0.6) is 0 Å². The monoisotopic (exact) mass is 319 g/mol. The molecule has 0 unspecified atom stereocenters. The van der Waals surface area contributed by atoms with E-state index in [9.17, 15) is 26.9 Å². The van der Waals surface area contributed by atoms with Crippen LogP contribution in [0.4, 0.5) is 23.0 Å². The van der Waals surface area contributed by atoms with Crippen LogP contribution in [0.25, 0.3) is 0 Å². The zero-order valence-corrected chi connectivity index (χ0v) is 13.5. The van der Waals surface area contributed by atoms with Gasteiger partial charge in [-0.15, -0.1) is 0 Å². The van der Waals surface area contributed by atoms with Crippen molar-refractivity contribution in [3.8, 4) is 0 Å². The summed E-state index contributed by atoms with van der Waals surface area (Å²) in [5.74, 6) is -3.43. The fraction of sp³-hybridized carbons (Fsp3) is 0.111. The van der Waals surface area contributed by atoms with E-state index in [2.05, 4.69) is 0 Å². The Bertz CT molecular complexity index is 566. The molecular formula is C9H4BClF4KNO2. The summed E-state index contributed by atoms with van der Waals surface area (Å²) < 4.78 is 50.1. The first-order valence-corrected chi connectivity index (χ1v) is 5.15. The van der Waals surface area contributed by atoms with Crippen LogP contribution in [0.15, 0.2) is 12.1 Å². The maximum absolute atomic E-state index is 13.2. The van der Waals surface area contributed by atoms with Gasteiger partial charge in [-0.05, 0) is 18.6 Å². The topological polar surface area (TPSA) is 37.4 Å². The Morgan fingerprint density at radius 3 is 2.32 bits per heavy atom. The fourth-order valence-electron chi connectivity index (χ4n) is 1.68. The minimum Gasteiger partial charge on any atom is -0.448 e. The molecule has 0 aliphatic carbocycles. The van der Waals surface area contributed by atoms with Crippen molar-refractivity contribution in [3.63, 3.8) is 0 Å². The van der Waals surface area contributed by atoms with E-state index in [1.807, 2.05) is 0 Å². The molecule has 0 spiro atoms.